The van der Waals surface area contributed by atoms with Crippen LogP contribution in [0.4, 0.5) is 9.59 Å². The molecule has 0 aromatic carbocycles. The van der Waals surface area contributed by atoms with Gasteiger partial charge < -0.3 is 9.64 Å². The molecule has 1 aromatic rings. The number of amides is 2. The Morgan fingerprint density at radius 3 is 2.56 bits per heavy atom. The standard InChI is InChI=1S/C16H28N4O3S2/c1-5-7-9-10-12-24-15-18-20(16(22)23-11-8-6-2)14(25-15)17-13(21)19(3)4/h5-12H2,1-4H3. The second-order valence-electron chi connectivity index (χ2n) is 5.73. The van der Waals surface area contributed by atoms with Crippen LogP contribution in [0.5, 0.6) is 0 Å². The maximum absolute atomic E-state index is 12.2. The molecule has 0 N–H and O–H groups in total. The Hall–Kier alpha value is -1.35. The normalized spacial score (nSPS) is 11.6. The van der Waals surface area contributed by atoms with Gasteiger partial charge in [0.15, 0.2) is 4.34 Å². The Labute approximate surface area is 157 Å². The lowest BCUT2D eigenvalue weighted by Crippen LogP contribution is -2.29. The number of hydrogen-bond acceptors (Lipinski definition) is 6. The average Bonchev–Trinajstić information content (AvgIpc) is 2.97. The molecule has 0 spiro atoms. The van der Waals surface area contributed by atoms with Gasteiger partial charge >= 0.3 is 12.1 Å². The van der Waals surface area contributed by atoms with Crippen LogP contribution in [0.3, 0.4) is 0 Å². The molecule has 0 fully saturated rings. The first kappa shape index (κ1) is 21.7. The minimum absolute atomic E-state index is 0.247. The third-order valence-electron chi connectivity index (χ3n) is 3.24. The van der Waals surface area contributed by atoms with Crippen molar-refractivity contribution >= 4 is 35.2 Å². The number of nitrogens with zero attached hydrogens (tertiary/aromatic N) is 4. The van der Waals surface area contributed by atoms with Gasteiger partial charge in [0, 0.05) is 19.8 Å². The number of carbonyl (C=O) groups is 2. The predicted octanol–water partition coefficient (Wildman–Crippen LogP) is 3.98. The topological polar surface area (TPSA) is 76.8 Å². The number of carbonyl (C=O) groups excluding carboxylic acids is 2. The van der Waals surface area contributed by atoms with Gasteiger partial charge in [-0.05, 0) is 12.8 Å². The summed E-state index contributed by atoms with van der Waals surface area (Å²) in [5, 5.41) is 4.28. The van der Waals surface area contributed by atoms with Crippen molar-refractivity contribution in [3.63, 3.8) is 0 Å². The lowest BCUT2D eigenvalue weighted by molar-refractivity contribution is 0.141. The Bertz CT molecular complexity index is 611. The van der Waals surface area contributed by atoms with E-state index in [1.807, 2.05) is 6.92 Å². The Morgan fingerprint density at radius 2 is 1.92 bits per heavy atom. The number of aromatic nitrogens is 2. The Morgan fingerprint density at radius 1 is 1.20 bits per heavy atom. The molecule has 142 valence electrons. The monoisotopic (exact) mass is 388 g/mol. The van der Waals surface area contributed by atoms with E-state index in [9.17, 15) is 9.59 Å². The van der Waals surface area contributed by atoms with E-state index in [1.165, 1.54) is 35.5 Å². The SMILES string of the molecule is CCCCCCSc1nn(C(=O)OCCCC)c(=NC(=O)N(C)C)s1. The summed E-state index contributed by atoms with van der Waals surface area (Å²) in [4.78, 5) is 29.6. The van der Waals surface area contributed by atoms with Crippen LogP contribution in [0.25, 0.3) is 0 Å². The molecule has 0 unspecified atom stereocenters. The summed E-state index contributed by atoms with van der Waals surface area (Å²) in [6.07, 6.45) is 5.84. The van der Waals surface area contributed by atoms with Crippen LogP contribution in [0, 0.1) is 0 Å². The first-order chi connectivity index (χ1) is 12.0. The molecule has 0 saturated carbocycles. The molecule has 0 aliphatic heterocycles. The minimum Gasteiger partial charge on any atom is -0.448 e. The molecule has 1 heterocycles. The Kier molecular flexibility index (Phi) is 10.5. The fourth-order valence-corrected chi connectivity index (χ4v) is 3.72. The highest BCUT2D eigenvalue weighted by atomic mass is 32.2. The highest BCUT2D eigenvalue weighted by Gasteiger charge is 2.15. The quantitative estimate of drug-likeness (QED) is 0.472. The van der Waals surface area contributed by atoms with Gasteiger partial charge in [-0.25, -0.2) is 9.59 Å². The van der Waals surface area contributed by atoms with Crippen molar-refractivity contribution in [3.8, 4) is 0 Å². The minimum atomic E-state index is -0.590. The van der Waals surface area contributed by atoms with E-state index in [0.717, 1.165) is 29.7 Å². The Balaban J connectivity index is 2.87. The van der Waals surface area contributed by atoms with Gasteiger partial charge in [-0.1, -0.05) is 62.6 Å². The summed E-state index contributed by atoms with van der Waals surface area (Å²) in [7, 11) is 3.22. The average molecular weight is 389 g/mol. The zero-order chi connectivity index (χ0) is 18.7. The lowest BCUT2D eigenvalue weighted by Gasteiger charge is -2.04. The van der Waals surface area contributed by atoms with Crippen molar-refractivity contribution in [1.29, 1.82) is 0 Å². The second kappa shape index (κ2) is 12.1. The maximum atomic E-state index is 12.2. The van der Waals surface area contributed by atoms with Crippen LogP contribution in [0.1, 0.15) is 52.4 Å². The summed E-state index contributed by atoms with van der Waals surface area (Å²) in [6.45, 7) is 4.53. The number of unbranched alkanes of at least 4 members (excludes halogenated alkanes) is 4. The molecule has 2 amide bonds. The molecule has 0 saturated heterocycles. The largest absolute Gasteiger partial charge is 0.448 e. The van der Waals surface area contributed by atoms with Crippen molar-refractivity contribution in [1.82, 2.24) is 14.7 Å². The van der Waals surface area contributed by atoms with Crippen LogP contribution in [-0.4, -0.2) is 53.3 Å². The van der Waals surface area contributed by atoms with Gasteiger partial charge in [0.2, 0.25) is 4.80 Å². The highest BCUT2D eigenvalue weighted by molar-refractivity contribution is 8.00. The van der Waals surface area contributed by atoms with Gasteiger partial charge in [0.05, 0.1) is 6.61 Å². The third kappa shape index (κ3) is 8.04. The molecule has 0 radical (unpaired) electrons. The maximum Gasteiger partial charge on any atom is 0.437 e. The van der Waals surface area contributed by atoms with Crippen molar-refractivity contribution in [2.75, 3.05) is 26.5 Å². The molecule has 0 aliphatic carbocycles. The van der Waals surface area contributed by atoms with Crippen LogP contribution in [0.2, 0.25) is 0 Å². The van der Waals surface area contributed by atoms with Crippen LogP contribution < -0.4 is 4.80 Å². The summed E-state index contributed by atoms with van der Waals surface area (Å²) in [5.74, 6) is 0.930. The fraction of sp³-hybridized carbons (Fsp3) is 0.750. The first-order valence-corrected chi connectivity index (χ1v) is 10.5. The number of ether oxygens (including phenoxy) is 1. The van der Waals surface area contributed by atoms with E-state index in [0.29, 0.717) is 10.9 Å². The molecule has 25 heavy (non-hydrogen) atoms. The van der Waals surface area contributed by atoms with Crippen LogP contribution in [-0.2, 0) is 4.74 Å². The number of rotatable bonds is 9. The summed E-state index contributed by atoms with van der Waals surface area (Å²) < 4.78 is 7.01. The zero-order valence-electron chi connectivity index (χ0n) is 15.5. The third-order valence-corrected chi connectivity index (χ3v) is 5.36. The van der Waals surface area contributed by atoms with E-state index in [2.05, 4.69) is 17.0 Å². The molecule has 0 atom stereocenters. The molecule has 7 nitrogen and oxygen atoms in total. The van der Waals surface area contributed by atoms with Crippen molar-refractivity contribution in [2.24, 2.45) is 4.99 Å². The van der Waals surface area contributed by atoms with E-state index in [1.54, 1.807) is 25.9 Å². The molecular formula is C16H28N4O3S2. The van der Waals surface area contributed by atoms with E-state index >= 15 is 0 Å². The van der Waals surface area contributed by atoms with Gasteiger partial charge in [0.1, 0.15) is 0 Å². The van der Waals surface area contributed by atoms with Crippen molar-refractivity contribution in [2.45, 2.75) is 56.7 Å². The molecule has 1 rings (SSSR count). The van der Waals surface area contributed by atoms with Crippen molar-refractivity contribution in [3.05, 3.63) is 4.80 Å². The molecule has 9 heteroatoms. The summed E-state index contributed by atoms with van der Waals surface area (Å²) in [6, 6.07) is -0.432. The second-order valence-corrected chi connectivity index (χ2v) is 8.03. The number of thioether (sulfide) groups is 1. The summed E-state index contributed by atoms with van der Waals surface area (Å²) in [5.41, 5.74) is 0. The van der Waals surface area contributed by atoms with E-state index in [-0.39, 0.29) is 4.80 Å². The van der Waals surface area contributed by atoms with Gasteiger partial charge in [-0.2, -0.15) is 4.99 Å². The smallest absolute Gasteiger partial charge is 0.437 e. The van der Waals surface area contributed by atoms with Crippen LogP contribution >= 0.6 is 23.1 Å². The zero-order valence-corrected chi connectivity index (χ0v) is 17.1. The highest BCUT2D eigenvalue weighted by Crippen LogP contribution is 2.20. The number of urea groups is 1. The lowest BCUT2D eigenvalue weighted by atomic mass is 10.2. The van der Waals surface area contributed by atoms with Gasteiger partial charge in [0.25, 0.3) is 0 Å². The van der Waals surface area contributed by atoms with Crippen LogP contribution in [0.15, 0.2) is 9.33 Å². The molecule has 0 aliphatic rings. The number of hydrogen-bond donors (Lipinski definition) is 0. The van der Waals surface area contributed by atoms with Gasteiger partial charge in [-0.15, -0.1) is 9.78 Å². The van der Waals surface area contributed by atoms with Crippen molar-refractivity contribution < 1.29 is 14.3 Å². The van der Waals surface area contributed by atoms with E-state index < -0.39 is 12.1 Å². The molecular weight excluding hydrogens is 360 g/mol. The summed E-state index contributed by atoms with van der Waals surface area (Å²) >= 11 is 2.82. The first-order valence-electron chi connectivity index (χ1n) is 8.65. The van der Waals surface area contributed by atoms with Gasteiger partial charge in [-0.3, -0.25) is 0 Å². The predicted molar refractivity (Wildman–Crippen MR) is 101 cm³/mol. The molecule has 1 aromatic heterocycles. The molecule has 0 bridgehead atoms. The van der Waals surface area contributed by atoms with E-state index in [4.69, 9.17) is 4.74 Å². The fourth-order valence-electron chi connectivity index (χ4n) is 1.75.